The van der Waals surface area contributed by atoms with Crippen LogP contribution >= 0.6 is 0 Å². The summed E-state index contributed by atoms with van der Waals surface area (Å²) in [6.45, 7) is 1.96. The lowest BCUT2D eigenvalue weighted by molar-refractivity contribution is -0.141. The summed E-state index contributed by atoms with van der Waals surface area (Å²) in [6, 6.07) is 18.2. The summed E-state index contributed by atoms with van der Waals surface area (Å²) in [5, 5.41) is 12.2. The quantitative estimate of drug-likeness (QED) is 0.826. The molecule has 6 nitrogen and oxygen atoms in total. The number of carbonyl (C=O) groups excluding carboxylic acids is 2. The smallest absolute Gasteiger partial charge is 0.322 e. The minimum absolute atomic E-state index is 0.170. The van der Waals surface area contributed by atoms with Crippen LogP contribution in [0, 0.1) is 11.3 Å². The number of nitriles is 1. The van der Waals surface area contributed by atoms with E-state index < -0.39 is 5.54 Å². The molecule has 138 valence electrons. The van der Waals surface area contributed by atoms with Crippen molar-refractivity contribution in [3.63, 3.8) is 0 Å². The second kappa shape index (κ2) is 7.50. The van der Waals surface area contributed by atoms with Crippen LogP contribution in [0.4, 0.5) is 10.5 Å². The maximum atomic E-state index is 12.9. The fourth-order valence-corrected chi connectivity index (χ4v) is 3.65. The minimum atomic E-state index is -0.769. The number of methoxy groups -OCH3 is 1. The molecular weight excluding hydrogens is 342 g/mol. The van der Waals surface area contributed by atoms with E-state index in [1.807, 2.05) is 49.4 Å². The number of anilines is 1. The Morgan fingerprint density at radius 2 is 1.89 bits per heavy atom. The Labute approximate surface area is 158 Å². The number of hydrogen-bond donors (Lipinski definition) is 1. The van der Waals surface area contributed by atoms with Crippen LogP contribution in [0.15, 0.2) is 54.6 Å². The molecule has 6 heteroatoms. The summed E-state index contributed by atoms with van der Waals surface area (Å²) in [7, 11) is 1.35. The first-order valence-electron chi connectivity index (χ1n) is 8.75. The number of rotatable bonds is 5. The summed E-state index contributed by atoms with van der Waals surface area (Å²) in [4.78, 5) is 26.4. The molecule has 0 aliphatic carbocycles. The van der Waals surface area contributed by atoms with Crippen molar-refractivity contribution in [3.8, 4) is 6.07 Å². The Balaban J connectivity index is 2.03. The zero-order valence-electron chi connectivity index (χ0n) is 15.3. The molecule has 0 spiro atoms. The summed E-state index contributed by atoms with van der Waals surface area (Å²) < 4.78 is 4.79. The van der Waals surface area contributed by atoms with E-state index in [1.54, 1.807) is 17.0 Å². The SMILES string of the molecule is COC(=O)CCC1(c2ccc(C#N)cc2)NC(=O)N(c2ccccc2)C1C. The highest BCUT2D eigenvalue weighted by molar-refractivity contribution is 5.96. The Morgan fingerprint density at radius 1 is 1.22 bits per heavy atom. The topological polar surface area (TPSA) is 82.4 Å². The Hall–Kier alpha value is -3.33. The van der Waals surface area contributed by atoms with Gasteiger partial charge in [0.25, 0.3) is 0 Å². The fraction of sp³-hybridized carbons (Fsp3) is 0.286. The molecule has 1 N–H and O–H groups in total. The molecule has 0 aromatic heterocycles. The number of hydrogen-bond acceptors (Lipinski definition) is 4. The molecule has 1 fully saturated rings. The zero-order chi connectivity index (χ0) is 19.4. The molecule has 2 amide bonds. The van der Waals surface area contributed by atoms with Crippen molar-refractivity contribution in [2.45, 2.75) is 31.3 Å². The highest BCUT2D eigenvalue weighted by Gasteiger charge is 2.50. The number of para-hydroxylation sites is 1. The summed E-state index contributed by atoms with van der Waals surface area (Å²) in [6.07, 6.45) is 0.561. The lowest BCUT2D eigenvalue weighted by Crippen LogP contribution is -2.46. The Kier molecular flexibility index (Phi) is 5.13. The van der Waals surface area contributed by atoms with E-state index in [2.05, 4.69) is 11.4 Å². The minimum Gasteiger partial charge on any atom is -0.469 e. The van der Waals surface area contributed by atoms with Crippen molar-refractivity contribution in [3.05, 3.63) is 65.7 Å². The third kappa shape index (κ3) is 3.36. The molecular formula is C21H21N3O3. The van der Waals surface area contributed by atoms with Crippen LogP contribution in [0.25, 0.3) is 0 Å². The largest absolute Gasteiger partial charge is 0.469 e. The van der Waals surface area contributed by atoms with Gasteiger partial charge in [0.1, 0.15) is 0 Å². The van der Waals surface area contributed by atoms with Crippen molar-refractivity contribution < 1.29 is 14.3 Å². The van der Waals surface area contributed by atoms with Crippen molar-refractivity contribution in [2.75, 3.05) is 12.0 Å². The van der Waals surface area contributed by atoms with Crippen LogP contribution in [-0.4, -0.2) is 25.2 Å². The molecule has 3 rings (SSSR count). The van der Waals surface area contributed by atoms with Gasteiger partial charge in [-0.2, -0.15) is 5.26 Å². The van der Waals surface area contributed by atoms with Crippen molar-refractivity contribution >= 4 is 17.7 Å². The number of amides is 2. The van der Waals surface area contributed by atoms with Crippen LogP contribution in [0.1, 0.15) is 30.9 Å². The molecule has 2 aromatic carbocycles. The molecule has 27 heavy (non-hydrogen) atoms. The second-order valence-corrected chi connectivity index (χ2v) is 6.55. The monoisotopic (exact) mass is 363 g/mol. The van der Waals surface area contributed by atoms with Crippen LogP contribution in [0.3, 0.4) is 0 Å². The van der Waals surface area contributed by atoms with E-state index in [0.717, 1.165) is 11.3 Å². The molecule has 1 aliphatic heterocycles. The van der Waals surface area contributed by atoms with Gasteiger partial charge in [-0.15, -0.1) is 0 Å². The highest BCUT2D eigenvalue weighted by Crippen LogP contribution is 2.40. The highest BCUT2D eigenvalue weighted by atomic mass is 16.5. The van der Waals surface area contributed by atoms with Gasteiger partial charge in [0, 0.05) is 12.1 Å². The maximum Gasteiger partial charge on any atom is 0.322 e. The van der Waals surface area contributed by atoms with E-state index in [9.17, 15) is 9.59 Å². The first-order valence-corrected chi connectivity index (χ1v) is 8.75. The van der Waals surface area contributed by atoms with Gasteiger partial charge in [-0.3, -0.25) is 9.69 Å². The number of ether oxygens (including phenoxy) is 1. The van der Waals surface area contributed by atoms with E-state index >= 15 is 0 Å². The van der Waals surface area contributed by atoms with Crippen LogP contribution in [0.5, 0.6) is 0 Å². The fourth-order valence-electron chi connectivity index (χ4n) is 3.65. The predicted molar refractivity (Wildman–Crippen MR) is 101 cm³/mol. The number of benzene rings is 2. The summed E-state index contributed by atoms with van der Waals surface area (Å²) in [5.74, 6) is -0.331. The van der Waals surface area contributed by atoms with Gasteiger partial charge in [0.05, 0.1) is 30.3 Å². The maximum absolute atomic E-state index is 12.9. The lowest BCUT2D eigenvalue weighted by Gasteiger charge is -2.35. The van der Waals surface area contributed by atoms with Crippen LogP contribution < -0.4 is 10.2 Å². The van der Waals surface area contributed by atoms with Gasteiger partial charge in [0.15, 0.2) is 0 Å². The van der Waals surface area contributed by atoms with E-state index in [1.165, 1.54) is 7.11 Å². The Morgan fingerprint density at radius 3 is 2.48 bits per heavy atom. The third-order valence-electron chi connectivity index (χ3n) is 5.16. The van der Waals surface area contributed by atoms with Gasteiger partial charge < -0.3 is 10.1 Å². The van der Waals surface area contributed by atoms with Crippen LogP contribution in [-0.2, 0) is 15.1 Å². The third-order valence-corrected chi connectivity index (χ3v) is 5.16. The Bertz CT molecular complexity index is 874. The number of nitrogens with one attached hydrogen (secondary N) is 1. The average molecular weight is 363 g/mol. The molecule has 2 atom stereocenters. The van der Waals surface area contributed by atoms with Gasteiger partial charge in [-0.25, -0.2) is 4.79 Å². The molecule has 2 aromatic rings. The lowest BCUT2D eigenvalue weighted by atomic mass is 9.80. The first kappa shape index (κ1) is 18.5. The summed E-state index contributed by atoms with van der Waals surface area (Å²) >= 11 is 0. The van der Waals surface area contributed by atoms with E-state index in [0.29, 0.717) is 12.0 Å². The normalized spacial score (nSPS) is 21.4. The molecule has 0 saturated carbocycles. The molecule has 0 radical (unpaired) electrons. The van der Waals surface area contributed by atoms with E-state index in [-0.39, 0.29) is 24.5 Å². The molecule has 1 saturated heterocycles. The summed E-state index contributed by atoms with van der Waals surface area (Å²) in [5.41, 5.74) is 1.41. The van der Waals surface area contributed by atoms with Crippen LogP contribution in [0.2, 0.25) is 0 Å². The average Bonchev–Trinajstić information content (AvgIpc) is 2.97. The van der Waals surface area contributed by atoms with Crippen molar-refractivity contribution in [1.29, 1.82) is 5.26 Å². The number of esters is 1. The van der Waals surface area contributed by atoms with Gasteiger partial charge in [-0.05, 0) is 43.2 Å². The predicted octanol–water partition coefficient (Wildman–Crippen LogP) is 3.33. The number of urea groups is 1. The van der Waals surface area contributed by atoms with Crippen molar-refractivity contribution in [2.24, 2.45) is 0 Å². The van der Waals surface area contributed by atoms with Gasteiger partial charge >= 0.3 is 12.0 Å². The second-order valence-electron chi connectivity index (χ2n) is 6.55. The first-order chi connectivity index (χ1) is 13.0. The standard InChI is InChI=1S/C21H21N3O3/c1-15-21(13-12-19(25)27-2,17-10-8-16(14-22)9-11-17)23-20(26)24(15)18-6-4-3-5-7-18/h3-11,15H,12-13H2,1-2H3,(H,23,26). The molecule has 2 unspecified atom stereocenters. The molecule has 0 bridgehead atoms. The number of carbonyl (C=O) groups is 2. The molecule has 1 heterocycles. The van der Waals surface area contributed by atoms with E-state index in [4.69, 9.17) is 10.00 Å². The molecule has 1 aliphatic rings. The van der Waals surface area contributed by atoms with Crippen molar-refractivity contribution in [1.82, 2.24) is 5.32 Å². The van der Waals surface area contributed by atoms with Gasteiger partial charge in [0.2, 0.25) is 0 Å². The number of nitrogens with zero attached hydrogens (tertiary/aromatic N) is 2. The zero-order valence-corrected chi connectivity index (χ0v) is 15.3. The van der Waals surface area contributed by atoms with Gasteiger partial charge in [-0.1, -0.05) is 30.3 Å².